The lowest BCUT2D eigenvalue weighted by Gasteiger charge is -2.49. The first-order valence-electron chi connectivity index (χ1n) is 16.1. The highest BCUT2D eigenvalue weighted by atomic mass is 32.1. The van der Waals surface area contributed by atoms with Crippen LogP contribution in [0.15, 0.2) is 140 Å². The van der Waals surface area contributed by atoms with Gasteiger partial charge in [-0.3, -0.25) is 0 Å². The van der Waals surface area contributed by atoms with Gasteiger partial charge in [-0.2, -0.15) is 0 Å². The van der Waals surface area contributed by atoms with Gasteiger partial charge in [0.25, 0.3) is 0 Å². The first kappa shape index (κ1) is 24.8. The van der Waals surface area contributed by atoms with E-state index in [9.17, 15) is 0 Å². The average molecular weight is 631 g/mol. The standard InChI is InChI=1S/C42H23BN2S2/c1-2-10-24(11-3-1)44-33-16-8-14-29-37-31(22-20-27-25-12-4-6-18-35(25)46-41(27)37)45-32-23-21-28-26-13-5-7-19-36(26)47-42(28)38(32)30-15-9-17-34(44)40(30)43(45)39(29)33/h1-23H. The molecule has 216 valence electrons. The van der Waals surface area contributed by atoms with Crippen molar-refractivity contribution in [1.82, 2.24) is 0 Å². The van der Waals surface area contributed by atoms with E-state index in [0.717, 1.165) is 0 Å². The topological polar surface area (TPSA) is 6.48 Å². The Labute approximate surface area is 279 Å². The second-order valence-electron chi connectivity index (χ2n) is 12.8. The third-order valence-corrected chi connectivity index (χ3v) is 13.0. The largest absolute Gasteiger partial charge is 0.376 e. The summed E-state index contributed by atoms with van der Waals surface area (Å²) in [5.41, 5.74) is 14.5. The second kappa shape index (κ2) is 8.71. The molecule has 0 atom stereocenters. The molecular weight excluding hydrogens is 607 g/mol. The molecule has 0 aliphatic carbocycles. The SMILES string of the molecule is c1ccc(N2c3cccc4c3B3c5c(cccc52)-c2c(ccc5c2sc2ccccc25)N3c2ccc3c(sc5ccccc53)c2-4)cc1. The highest BCUT2D eigenvalue weighted by Crippen LogP contribution is 2.56. The molecule has 7 aromatic carbocycles. The van der Waals surface area contributed by atoms with Crippen LogP contribution in [0, 0.1) is 0 Å². The van der Waals surface area contributed by atoms with Gasteiger partial charge in [-0.25, -0.2) is 0 Å². The van der Waals surface area contributed by atoms with E-state index in [1.807, 2.05) is 22.7 Å². The molecule has 0 fully saturated rings. The van der Waals surface area contributed by atoms with Crippen molar-refractivity contribution in [3.8, 4) is 22.3 Å². The van der Waals surface area contributed by atoms with Crippen LogP contribution in [0.1, 0.15) is 0 Å². The van der Waals surface area contributed by atoms with E-state index in [2.05, 4.69) is 149 Å². The molecule has 0 bridgehead atoms. The van der Waals surface area contributed by atoms with E-state index >= 15 is 0 Å². The van der Waals surface area contributed by atoms with Crippen molar-refractivity contribution in [2.45, 2.75) is 0 Å². The van der Waals surface area contributed by atoms with Crippen LogP contribution in [0.4, 0.5) is 28.4 Å². The molecule has 3 aliphatic rings. The minimum Gasteiger partial charge on any atom is -0.376 e. The predicted molar refractivity (Wildman–Crippen MR) is 205 cm³/mol. The summed E-state index contributed by atoms with van der Waals surface area (Å²) in [7, 11) is 0. The lowest BCUT2D eigenvalue weighted by atomic mass is 9.41. The lowest BCUT2D eigenvalue weighted by Crippen LogP contribution is -2.63. The molecule has 0 saturated heterocycles. The number of nitrogens with zero attached hydrogens (tertiary/aromatic N) is 2. The van der Waals surface area contributed by atoms with Gasteiger partial charge < -0.3 is 9.71 Å². The summed E-state index contributed by atoms with van der Waals surface area (Å²) in [4.78, 5) is 5.21. The van der Waals surface area contributed by atoms with Crippen molar-refractivity contribution < 1.29 is 0 Å². The van der Waals surface area contributed by atoms with Crippen molar-refractivity contribution in [1.29, 1.82) is 0 Å². The second-order valence-corrected chi connectivity index (χ2v) is 14.9. The molecule has 0 spiro atoms. The Morgan fingerprint density at radius 3 is 1.47 bits per heavy atom. The fourth-order valence-corrected chi connectivity index (χ4v) is 11.3. The average Bonchev–Trinajstić information content (AvgIpc) is 3.70. The number of rotatable bonds is 1. The molecule has 47 heavy (non-hydrogen) atoms. The quantitative estimate of drug-likeness (QED) is 0.167. The predicted octanol–water partition coefficient (Wildman–Crippen LogP) is 11.1. The molecule has 5 heterocycles. The normalized spacial score (nSPS) is 13.8. The van der Waals surface area contributed by atoms with Crippen molar-refractivity contribution in [2.24, 2.45) is 0 Å². The molecule has 12 rings (SSSR count). The van der Waals surface area contributed by atoms with Crippen LogP contribution in [0.25, 0.3) is 62.6 Å². The number of benzene rings is 7. The van der Waals surface area contributed by atoms with E-state index in [1.165, 1.54) is 102 Å². The monoisotopic (exact) mass is 630 g/mol. The van der Waals surface area contributed by atoms with Gasteiger partial charge in [0.1, 0.15) is 0 Å². The zero-order valence-corrected chi connectivity index (χ0v) is 26.7. The smallest absolute Gasteiger partial charge is 0.333 e. The van der Waals surface area contributed by atoms with Crippen LogP contribution >= 0.6 is 22.7 Å². The van der Waals surface area contributed by atoms with Gasteiger partial charge in [0.2, 0.25) is 0 Å². The number of hydrogen-bond acceptors (Lipinski definition) is 4. The molecular formula is C42H23BN2S2. The van der Waals surface area contributed by atoms with Crippen molar-refractivity contribution in [3.63, 3.8) is 0 Å². The zero-order valence-electron chi connectivity index (χ0n) is 25.1. The summed E-state index contributed by atoms with van der Waals surface area (Å²) in [6.07, 6.45) is 0. The van der Waals surface area contributed by atoms with Crippen molar-refractivity contribution in [3.05, 3.63) is 140 Å². The molecule has 2 nitrogen and oxygen atoms in total. The first-order valence-corrected chi connectivity index (χ1v) is 17.8. The first-order chi connectivity index (χ1) is 23.3. The third-order valence-electron chi connectivity index (χ3n) is 10.6. The van der Waals surface area contributed by atoms with Crippen LogP contribution in [0.3, 0.4) is 0 Å². The summed E-state index contributed by atoms with van der Waals surface area (Å²) < 4.78 is 5.42. The van der Waals surface area contributed by atoms with Crippen LogP contribution in [0.2, 0.25) is 0 Å². The molecule has 9 aromatic rings. The van der Waals surface area contributed by atoms with E-state index in [0.29, 0.717) is 0 Å². The Kier molecular flexibility index (Phi) is 4.60. The molecule has 3 aliphatic heterocycles. The Balaban J connectivity index is 1.29. The number of fused-ring (bicyclic) bond motifs is 14. The van der Waals surface area contributed by atoms with E-state index in [4.69, 9.17) is 0 Å². The molecule has 0 N–H and O–H groups in total. The summed E-state index contributed by atoms with van der Waals surface area (Å²) in [5, 5.41) is 5.36. The van der Waals surface area contributed by atoms with Gasteiger partial charge in [-0.05, 0) is 70.6 Å². The summed E-state index contributed by atoms with van der Waals surface area (Å²) >= 11 is 3.86. The van der Waals surface area contributed by atoms with Crippen LogP contribution < -0.4 is 20.6 Å². The summed E-state index contributed by atoms with van der Waals surface area (Å²) in [6.45, 7) is 0.0750. The lowest BCUT2D eigenvalue weighted by molar-refractivity contribution is 1.27. The van der Waals surface area contributed by atoms with Gasteiger partial charge >= 0.3 is 6.85 Å². The van der Waals surface area contributed by atoms with Gasteiger partial charge in [-0.1, -0.05) is 91.0 Å². The van der Waals surface area contributed by atoms with Crippen LogP contribution in [-0.2, 0) is 0 Å². The highest BCUT2D eigenvalue weighted by Gasteiger charge is 2.49. The maximum Gasteiger partial charge on any atom is 0.333 e. The molecule has 0 saturated carbocycles. The highest BCUT2D eigenvalue weighted by molar-refractivity contribution is 7.27. The minimum atomic E-state index is 0.0750. The number of thiophene rings is 2. The fraction of sp³-hybridized carbons (Fsp3) is 0. The van der Waals surface area contributed by atoms with Gasteiger partial charge in [0.05, 0.1) is 0 Å². The fourth-order valence-electron chi connectivity index (χ4n) is 8.78. The Morgan fingerprint density at radius 2 is 0.915 bits per heavy atom. The molecule has 2 aromatic heterocycles. The van der Waals surface area contributed by atoms with Gasteiger partial charge in [0, 0.05) is 79.9 Å². The number of hydrogen-bond donors (Lipinski definition) is 0. The zero-order chi connectivity index (χ0) is 30.4. The Morgan fingerprint density at radius 1 is 0.404 bits per heavy atom. The summed E-state index contributed by atoms with van der Waals surface area (Å²) in [6, 6.07) is 52.2. The molecule has 0 amide bonds. The van der Waals surface area contributed by atoms with E-state index in [-0.39, 0.29) is 6.85 Å². The Bertz CT molecular complexity index is 2660. The number of anilines is 5. The van der Waals surface area contributed by atoms with Crippen molar-refractivity contribution in [2.75, 3.05) is 9.71 Å². The van der Waals surface area contributed by atoms with Crippen LogP contribution in [0.5, 0.6) is 0 Å². The van der Waals surface area contributed by atoms with E-state index < -0.39 is 0 Å². The van der Waals surface area contributed by atoms with Gasteiger partial charge in [-0.15, -0.1) is 22.7 Å². The molecule has 0 radical (unpaired) electrons. The Hall–Kier alpha value is -5.36. The maximum absolute atomic E-state index is 2.69. The summed E-state index contributed by atoms with van der Waals surface area (Å²) in [5.74, 6) is 0. The maximum atomic E-state index is 2.69. The number of para-hydroxylation sites is 1. The third kappa shape index (κ3) is 2.98. The molecule has 0 unspecified atom stereocenters. The van der Waals surface area contributed by atoms with Gasteiger partial charge in [0.15, 0.2) is 0 Å². The minimum absolute atomic E-state index is 0.0750. The molecule has 5 heteroatoms. The van der Waals surface area contributed by atoms with Crippen LogP contribution in [-0.4, -0.2) is 6.85 Å². The van der Waals surface area contributed by atoms with Crippen molar-refractivity contribution >= 4 is 109 Å². The van der Waals surface area contributed by atoms with E-state index in [1.54, 1.807) is 0 Å².